The molecule has 0 saturated carbocycles. The SMILES string of the molecule is O=C(O)CCc1n[nH]c(=O)n1-c1ccccc1. The van der Waals surface area contributed by atoms with Crippen LogP contribution in [0.4, 0.5) is 0 Å². The molecule has 0 spiro atoms. The van der Waals surface area contributed by atoms with Gasteiger partial charge >= 0.3 is 11.7 Å². The summed E-state index contributed by atoms with van der Waals surface area (Å²) in [4.78, 5) is 22.1. The van der Waals surface area contributed by atoms with Crippen molar-refractivity contribution < 1.29 is 9.90 Å². The second-order valence-corrected chi connectivity index (χ2v) is 3.51. The molecular weight excluding hydrogens is 222 g/mol. The molecule has 0 atom stereocenters. The monoisotopic (exact) mass is 233 g/mol. The lowest BCUT2D eigenvalue weighted by molar-refractivity contribution is -0.137. The molecule has 0 aliphatic rings. The van der Waals surface area contributed by atoms with Gasteiger partial charge in [0, 0.05) is 6.42 Å². The molecule has 0 fully saturated rings. The summed E-state index contributed by atoms with van der Waals surface area (Å²) in [6.07, 6.45) is 0.153. The van der Waals surface area contributed by atoms with Gasteiger partial charge in [0.15, 0.2) is 0 Å². The van der Waals surface area contributed by atoms with Crippen LogP contribution in [0.5, 0.6) is 0 Å². The first-order valence-corrected chi connectivity index (χ1v) is 5.12. The van der Waals surface area contributed by atoms with Crippen molar-refractivity contribution in [3.63, 3.8) is 0 Å². The Kier molecular flexibility index (Phi) is 3.04. The maximum atomic E-state index is 11.6. The maximum Gasteiger partial charge on any atom is 0.347 e. The highest BCUT2D eigenvalue weighted by Crippen LogP contribution is 2.07. The second kappa shape index (κ2) is 4.65. The van der Waals surface area contributed by atoms with E-state index in [-0.39, 0.29) is 18.5 Å². The van der Waals surface area contributed by atoms with Gasteiger partial charge in [0.1, 0.15) is 5.82 Å². The number of aromatic nitrogens is 3. The van der Waals surface area contributed by atoms with Gasteiger partial charge in [0.2, 0.25) is 0 Å². The summed E-state index contributed by atoms with van der Waals surface area (Å²) >= 11 is 0. The first-order valence-electron chi connectivity index (χ1n) is 5.12. The van der Waals surface area contributed by atoms with Crippen molar-refractivity contribution in [3.8, 4) is 5.69 Å². The Hall–Kier alpha value is -2.37. The smallest absolute Gasteiger partial charge is 0.347 e. The molecule has 0 bridgehead atoms. The maximum absolute atomic E-state index is 11.6. The molecule has 1 heterocycles. The minimum absolute atomic E-state index is 0.0584. The normalized spacial score (nSPS) is 10.4. The number of rotatable bonds is 4. The number of aliphatic carboxylic acids is 1. The fourth-order valence-electron chi connectivity index (χ4n) is 1.56. The zero-order valence-electron chi connectivity index (χ0n) is 8.96. The van der Waals surface area contributed by atoms with E-state index in [0.29, 0.717) is 11.5 Å². The average molecular weight is 233 g/mol. The van der Waals surface area contributed by atoms with Gasteiger partial charge < -0.3 is 5.11 Å². The fraction of sp³-hybridized carbons (Fsp3) is 0.182. The van der Waals surface area contributed by atoms with E-state index in [1.807, 2.05) is 6.07 Å². The Balaban J connectivity index is 2.37. The van der Waals surface area contributed by atoms with Crippen LogP contribution in [0.3, 0.4) is 0 Å². The van der Waals surface area contributed by atoms with Crippen LogP contribution in [0, 0.1) is 0 Å². The van der Waals surface area contributed by atoms with E-state index in [4.69, 9.17) is 5.11 Å². The summed E-state index contributed by atoms with van der Waals surface area (Å²) < 4.78 is 1.38. The Bertz CT molecular complexity index is 571. The molecule has 88 valence electrons. The number of carbonyl (C=O) groups is 1. The van der Waals surface area contributed by atoms with Crippen LogP contribution in [-0.2, 0) is 11.2 Å². The summed E-state index contributed by atoms with van der Waals surface area (Å²) in [5.41, 5.74) is 0.309. The molecule has 0 radical (unpaired) electrons. The largest absolute Gasteiger partial charge is 0.481 e. The number of H-pyrrole nitrogens is 1. The van der Waals surface area contributed by atoms with Crippen molar-refractivity contribution in [2.24, 2.45) is 0 Å². The third-order valence-corrected chi connectivity index (χ3v) is 2.32. The van der Waals surface area contributed by atoms with Crippen LogP contribution in [0.2, 0.25) is 0 Å². The Morgan fingerprint density at radius 1 is 1.35 bits per heavy atom. The number of carboxylic acid groups (broad SMARTS) is 1. The van der Waals surface area contributed by atoms with Crippen molar-refractivity contribution in [2.45, 2.75) is 12.8 Å². The number of para-hydroxylation sites is 1. The van der Waals surface area contributed by atoms with Gasteiger partial charge in [-0.05, 0) is 12.1 Å². The summed E-state index contributed by atoms with van der Waals surface area (Å²) in [7, 11) is 0. The topological polar surface area (TPSA) is 88.0 Å². The molecule has 6 nitrogen and oxygen atoms in total. The zero-order chi connectivity index (χ0) is 12.3. The van der Waals surface area contributed by atoms with E-state index in [1.54, 1.807) is 24.3 Å². The number of carboxylic acids is 1. The van der Waals surface area contributed by atoms with Gasteiger partial charge in [0.05, 0.1) is 12.1 Å². The number of nitrogens with zero attached hydrogens (tertiary/aromatic N) is 2. The molecule has 0 amide bonds. The molecule has 0 saturated heterocycles. The fourth-order valence-corrected chi connectivity index (χ4v) is 1.56. The molecule has 17 heavy (non-hydrogen) atoms. The predicted octanol–water partition coefficient (Wildman–Crippen LogP) is 0.578. The predicted molar refractivity (Wildman–Crippen MR) is 60.1 cm³/mol. The zero-order valence-corrected chi connectivity index (χ0v) is 8.96. The molecular formula is C11H11N3O3. The number of aryl methyl sites for hydroxylation is 1. The van der Waals surface area contributed by atoms with E-state index in [1.165, 1.54) is 4.57 Å². The summed E-state index contributed by atoms with van der Waals surface area (Å²) in [6.45, 7) is 0. The third kappa shape index (κ3) is 2.41. The van der Waals surface area contributed by atoms with Gasteiger partial charge in [-0.15, -0.1) is 0 Å². The number of nitrogens with one attached hydrogen (secondary N) is 1. The van der Waals surface area contributed by atoms with Crippen molar-refractivity contribution in [1.29, 1.82) is 0 Å². The molecule has 6 heteroatoms. The van der Waals surface area contributed by atoms with E-state index in [0.717, 1.165) is 0 Å². The Morgan fingerprint density at radius 3 is 2.71 bits per heavy atom. The molecule has 1 aromatic heterocycles. The third-order valence-electron chi connectivity index (χ3n) is 2.32. The summed E-state index contributed by atoms with van der Waals surface area (Å²) in [6, 6.07) is 8.97. The minimum Gasteiger partial charge on any atom is -0.481 e. The lowest BCUT2D eigenvalue weighted by atomic mass is 10.2. The summed E-state index contributed by atoms with van der Waals surface area (Å²) in [5, 5.41) is 14.8. The number of benzene rings is 1. The average Bonchev–Trinajstić information content (AvgIpc) is 2.69. The number of hydrogen-bond acceptors (Lipinski definition) is 3. The van der Waals surface area contributed by atoms with Gasteiger partial charge in [0.25, 0.3) is 0 Å². The first kappa shape index (κ1) is 11.1. The van der Waals surface area contributed by atoms with E-state index < -0.39 is 5.97 Å². The van der Waals surface area contributed by atoms with Crippen molar-refractivity contribution in [1.82, 2.24) is 14.8 Å². The van der Waals surface area contributed by atoms with Crippen LogP contribution in [0.25, 0.3) is 5.69 Å². The van der Waals surface area contributed by atoms with Gasteiger partial charge in [-0.2, -0.15) is 5.10 Å². The molecule has 2 aromatic rings. The molecule has 1 aromatic carbocycles. The second-order valence-electron chi connectivity index (χ2n) is 3.51. The standard InChI is InChI=1S/C11H11N3O3/c15-10(16)7-6-9-12-13-11(17)14(9)8-4-2-1-3-5-8/h1-5H,6-7H2,(H,13,17)(H,15,16). The minimum atomic E-state index is -0.917. The van der Waals surface area contributed by atoms with Crippen LogP contribution in [0.1, 0.15) is 12.2 Å². The van der Waals surface area contributed by atoms with Crippen molar-refractivity contribution >= 4 is 5.97 Å². The van der Waals surface area contributed by atoms with Crippen molar-refractivity contribution in [3.05, 3.63) is 46.6 Å². The van der Waals surface area contributed by atoms with E-state index in [2.05, 4.69) is 10.2 Å². The van der Waals surface area contributed by atoms with E-state index in [9.17, 15) is 9.59 Å². The Labute approximate surface area is 96.5 Å². The van der Waals surface area contributed by atoms with Crippen LogP contribution < -0.4 is 5.69 Å². The molecule has 2 N–H and O–H groups in total. The molecule has 2 rings (SSSR count). The van der Waals surface area contributed by atoms with Gasteiger partial charge in [-0.1, -0.05) is 18.2 Å². The first-order chi connectivity index (χ1) is 8.18. The van der Waals surface area contributed by atoms with Gasteiger partial charge in [-0.3, -0.25) is 4.79 Å². The molecule has 0 aliphatic heterocycles. The highest BCUT2D eigenvalue weighted by molar-refractivity contribution is 5.66. The highest BCUT2D eigenvalue weighted by Gasteiger charge is 2.11. The van der Waals surface area contributed by atoms with Crippen LogP contribution in [-0.4, -0.2) is 25.8 Å². The van der Waals surface area contributed by atoms with Crippen LogP contribution in [0.15, 0.2) is 35.1 Å². The van der Waals surface area contributed by atoms with Gasteiger partial charge in [-0.25, -0.2) is 14.5 Å². The number of aromatic amines is 1. The Morgan fingerprint density at radius 2 is 2.06 bits per heavy atom. The lowest BCUT2D eigenvalue weighted by Crippen LogP contribution is -2.17. The lowest BCUT2D eigenvalue weighted by Gasteiger charge is -2.03. The molecule has 0 aliphatic carbocycles. The van der Waals surface area contributed by atoms with E-state index >= 15 is 0 Å². The summed E-state index contributed by atoms with van der Waals surface area (Å²) in [5.74, 6) is -0.497. The van der Waals surface area contributed by atoms with Crippen LogP contribution >= 0.6 is 0 Å². The van der Waals surface area contributed by atoms with Crippen molar-refractivity contribution in [2.75, 3.05) is 0 Å². The highest BCUT2D eigenvalue weighted by atomic mass is 16.4. The number of hydrogen-bond donors (Lipinski definition) is 2. The quantitative estimate of drug-likeness (QED) is 0.808. The molecule has 0 unspecified atom stereocenters.